The Hall–Kier alpha value is -3.04. The van der Waals surface area contributed by atoms with Gasteiger partial charge in [0, 0.05) is 70.5 Å². The Morgan fingerprint density at radius 1 is 1.10 bits per heavy atom. The lowest BCUT2D eigenvalue weighted by atomic mass is 10.2. The van der Waals surface area contributed by atoms with E-state index in [2.05, 4.69) is 19.8 Å². The van der Waals surface area contributed by atoms with Gasteiger partial charge < -0.3 is 14.2 Å². The summed E-state index contributed by atoms with van der Waals surface area (Å²) >= 11 is 0. The Bertz CT molecular complexity index is 1150. The average Bonchev–Trinajstić information content (AvgIpc) is 2.76. The number of anilines is 1. The summed E-state index contributed by atoms with van der Waals surface area (Å²) in [5.41, 5.74) is 2.54. The highest BCUT2D eigenvalue weighted by molar-refractivity contribution is 5.81. The lowest BCUT2D eigenvalue weighted by Gasteiger charge is -2.36. The molecule has 0 aliphatic carbocycles. The molecule has 2 aromatic heterocycles. The van der Waals surface area contributed by atoms with Crippen molar-refractivity contribution in [2.45, 2.75) is 13.1 Å². The Morgan fingerprint density at radius 3 is 2.63 bits per heavy atom. The summed E-state index contributed by atoms with van der Waals surface area (Å²) in [6.07, 6.45) is 5.09. The summed E-state index contributed by atoms with van der Waals surface area (Å²) in [6, 6.07) is 5.86. The van der Waals surface area contributed by atoms with Crippen LogP contribution in [0, 0.1) is 0 Å². The summed E-state index contributed by atoms with van der Waals surface area (Å²) in [5, 5.41) is 0.623. The number of piperazine rings is 1. The molecular weight excluding hydrogens is 384 g/mol. The minimum absolute atomic E-state index is 0.0423. The summed E-state index contributed by atoms with van der Waals surface area (Å²) in [4.78, 5) is 37.1. The molecule has 1 aliphatic rings. The fraction of sp³-hybridized carbons (Fsp3) is 0.429. The average molecular weight is 410 g/mol. The van der Waals surface area contributed by atoms with Gasteiger partial charge in [0.2, 0.25) is 0 Å². The van der Waals surface area contributed by atoms with Crippen molar-refractivity contribution in [2.75, 3.05) is 44.8 Å². The van der Waals surface area contributed by atoms with Crippen LogP contribution in [-0.4, -0.2) is 63.9 Å². The Morgan fingerprint density at radius 2 is 1.90 bits per heavy atom. The molecule has 0 radical (unpaired) electrons. The minimum atomic E-state index is -0.237. The molecule has 1 saturated heterocycles. The Kier molecular flexibility index (Phi) is 5.91. The highest BCUT2D eigenvalue weighted by Gasteiger charge is 2.18. The van der Waals surface area contributed by atoms with E-state index in [-0.39, 0.29) is 11.2 Å². The quantitative estimate of drug-likeness (QED) is 0.584. The Balaban J connectivity index is 1.43. The van der Waals surface area contributed by atoms with Crippen molar-refractivity contribution in [1.82, 2.24) is 24.0 Å². The molecule has 3 heterocycles. The molecular formula is C21H26N6O3. The predicted molar refractivity (Wildman–Crippen MR) is 115 cm³/mol. The molecule has 9 nitrogen and oxygen atoms in total. The number of hydrogen-bond acceptors (Lipinski definition) is 7. The molecule has 0 amide bonds. The second-order valence-electron chi connectivity index (χ2n) is 7.56. The first-order valence-electron chi connectivity index (χ1n) is 10.0. The molecule has 1 aliphatic heterocycles. The van der Waals surface area contributed by atoms with Gasteiger partial charge >= 0.3 is 5.69 Å². The number of aromatic nitrogens is 4. The molecule has 1 aromatic carbocycles. The zero-order chi connectivity index (χ0) is 21.1. The predicted octanol–water partition coefficient (Wildman–Crippen LogP) is 0.459. The van der Waals surface area contributed by atoms with Crippen LogP contribution < -0.4 is 16.1 Å². The van der Waals surface area contributed by atoms with Crippen molar-refractivity contribution in [3.05, 3.63) is 63.3 Å². The second-order valence-corrected chi connectivity index (χ2v) is 7.56. The topological polar surface area (TPSA) is 85.5 Å². The summed E-state index contributed by atoms with van der Waals surface area (Å²) in [7, 11) is 3.33. The van der Waals surface area contributed by atoms with E-state index in [1.165, 1.54) is 4.57 Å². The Labute approximate surface area is 174 Å². The lowest BCUT2D eigenvalue weighted by Crippen LogP contribution is -2.46. The summed E-state index contributed by atoms with van der Waals surface area (Å²) in [5.74, 6) is 0. The van der Waals surface area contributed by atoms with Crippen LogP contribution >= 0.6 is 0 Å². The number of nitrogens with zero attached hydrogens (tertiary/aromatic N) is 6. The number of rotatable bonds is 6. The number of fused-ring (bicyclic) bond motifs is 1. The number of ether oxygens (including phenoxy) is 1. The SMILES string of the molecule is COCCn1cnc2cc(N3CCN(Cc4cnc(=O)n(C)c4)CC3)ccc2c1=O. The van der Waals surface area contributed by atoms with Gasteiger partial charge in [0.15, 0.2) is 0 Å². The van der Waals surface area contributed by atoms with Crippen LogP contribution in [0.2, 0.25) is 0 Å². The minimum Gasteiger partial charge on any atom is -0.383 e. The van der Waals surface area contributed by atoms with E-state index in [9.17, 15) is 9.59 Å². The first-order chi connectivity index (χ1) is 14.5. The molecule has 4 rings (SSSR count). The highest BCUT2D eigenvalue weighted by atomic mass is 16.5. The van der Waals surface area contributed by atoms with Crippen LogP contribution in [0.5, 0.6) is 0 Å². The van der Waals surface area contributed by atoms with Gasteiger partial charge in [-0.1, -0.05) is 0 Å². The first kappa shape index (κ1) is 20.2. The van der Waals surface area contributed by atoms with Gasteiger partial charge in [-0.25, -0.2) is 14.8 Å². The van der Waals surface area contributed by atoms with Gasteiger partial charge in [-0.15, -0.1) is 0 Å². The maximum atomic E-state index is 12.6. The lowest BCUT2D eigenvalue weighted by molar-refractivity contribution is 0.186. The van der Waals surface area contributed by atoms with Crippen molar-refractivity contribution in [3.8, 4) is 0 Å². The third-order valence-electron chi connectivity index (χ3n) is 5.49. The maximum absolute atomic E-state index is 12.6. The maximum Gasteiger partial charge on any atom is 0.347 e. The van der Waals surface area contributed by atoms with E-state index >= 15 is 0 Å². The van der Waals surface area contributed by atoms with Gasteiger partial charge in [0.25, 0.3) is 5.56 Å². The van der Waals surface area contributed by atoms with Crippen molar-refractivity contribution in [2.24, 2.45) is 7.05 Å². The number of methoxy groups -OCH3 is 1. The van der Waals surface area contributed by atoms with Crippen LogP contribution in [0.4, 0.5) is 5.69 Å². The van der Waals surface area contributed by atoms with E-state index in [0.29, 0.717) is 24.1 Å². The van der Waals surface area contributed by atoms with Gasteiger partial charge in [-0.05, 0) is 18.2 Å². The molecule has 30 heavy (non-hydrogen) atoms. The highest BCUT2D eigenvalue weighted by Crippen LogP contribution is 2.21. The van der Waals surface area contributed by atoms with Crippen molar-refractivity contribution in [1.29, 1.82) is 0 Å². The van der Waals surface area contributed by atoms with Crippen molar-refractivity contribution >= 4 is 16.6 Å². The van der Waals surface area contributed by atoms with E-state index in [1.807, 2.05) is 24.4 Å². The van der Waals surface area contributed by atoms with E-state index in [1.54, 1.807) is 31.2 Å². The molecule has 0 unspecified atom stereocenters. The molecule has 9 heteroatoms. The van der Waals surface area contributed by atoms with Crippen LogP contribution in [0.15, 0.2) is 46.5 Å². The van der Waals surface area contributed by atoms with E-state index in [0.717, 1.165) is 44.0 Å². The van der Waals surface area contributed by atoms with Crippen molar-refractivity contribution in [3.63, 3.8) is 0 Å². The molecule has 0 atom stereocenters. The first-order valence-corrected chi connectivity index (χ1v) is 10.0. The third-order valence-corrected chi connectivity index (χ3v) is 5.49. The molecule has 1 fully saturated rings. The number of benzene rings is 1. The van der Waals surface area contributed by atoms with Crippen LogP contribution in [-0.2, 0) is 24.9 Å². The van der Waals surface area contributed by atoms with E-state index < -0.39 is 0 Å². The summed E-state index contributed by atoms with van der Waals surface area (Å²) in [6.45, 7) is 5.33. The fourth-order valence-electron chi connectivity index (χ4n) is 3.76. The largest absolute Gasteiger partial charge is 0.383 e. The molecule has 0 spiro atoms. The summed E-state index contributed by atoms with van der Waals surface area (Å²) < 4.78 is 8.14. The normalized spacial score (nSPS) is 15.1. The molecule has 0 saturated carbocycles. The van der Waals surface area contributed by atoms with Gasteiger partial charge in [-0.3, -0.25) is 14.3 Å². The molecule has 0 N–H and O–H groups in total. The fourth-order valence-corrected chi connectivity index (χ4v) is 3.76. The smallest absolute Gasteiger partial charge is 0.347 e. The van der Waals surface area contributed by atoms with Crippen LogP contribution in [0.25, 0.3) is 10.9 Å². The van der Waals surface area contributed by atoms with E-state index in [4.69, 9.17) is 4.74 Å². The van der Waals surface area contributed by atoms with Gasteiger partial charge in [0.05, 0.1) is 30.4 Å². The standard InChI is InChI=1S/C21H26N6O3/c1-24-13-16(12-22-21(24)29)14-25-5-7-26(8-6-25)17-3-4-18-19(11-17)23-15-27(20(18)28)9-10-30-2/h3-4,11-13,15H,5-10,14H2,1-2H3. The van der Waals surface area contributed by atoms with Crippen LogP contribution in [0.3, 0.4) is 0 Å². The molecule has 3 aromatic rings. The third kappa shape index (κ3) is 4.27. The zero-order valence-corrected chi connectivity index (χ0v) is 17.3. The second kappa shape index (κ2) is 8.76. The van der Waals surface area contributed by atoms with Gasteiger partial charge in [-0.2, -0.15) is 0 Å². The van der Waals surface area contributed by atoms with Crippen LogP contribution in [0.1, 0.15) is 5.56 Å². The van der Waals surface area contributed by atoms with Crippen molar-refractivity contribution < 1.29 is 4.74 Å². The number of hydrogen-bond donors (Lipinski definition) is 0. The van der Waals surface area contributed by atoms with Gasteiger partial charge in [0.1, 0.15) is 0 Å². The molecule has 158 valence electrons. The zero-order valence-electron chi connectivity index (χ0n) is 17.3. The number of aryl methyl sites for hydroxylation is 1. The molecule has 0 bridgehead atoms. The monoisotopic (exact) mass is 410 g/mol.